The van der Waals surface area contributed by atoms with Gasteiger partial charge in [0, 0.05) is 61.8 Å². The molecule has 0 radical (unpaired) electrons. The van der Waals surface area contributed by atoms with E-state index in [1.165, 1.54) is 20.8 Å². The summed E-state index contributed by atoms with van der Waals surface area (Å²) in [6.07, 6.45) is 1.74. The van der Waals surface area contributed by atoms with Gasteiger partial charge in [-0.05, 0) is 62.1 Å². The predicted molar refractivity (Wildman–Crippen MR) is 189 cm³/mol. The number of hydrogen-bond donors (Lipinski definition) is 3. The minimum atomic E-state index is -0.565. The minimum Gasteiger partial charge on any atom is -0.506 e. The molecule has 0 spiro atoms. The summed E-state index contributed by atoms with van der Waals surface area (Å²) in [5.41, 5.74) is 4.06. The van der Waals surface area contributed by atoms with Gasteiger partial charge in [0.25, 0.3) is 0 Å². The van der Waals surface area contributed by atoms with E-state index in [1.807, 2.05) is 37.5 Å². The molecule has 5 rings (SSSR count). The molecule has 11 heteroatoms. The number of amides is 2. The quantitative estimate of drug-likeness (QED) is 0.132. The van der Waals surface area contributed by atoms with Gasteiger partial charge in [-0.3, -0.25) is 19.2 Å². The van der Waals surface area contributed by atoms with Gasteiger partial charge in [-0.15, -0.1) is 0 Å². The summed E-state index contributed by atoms with van der Waals surface area (Å²) in [5, 5.41) is 18.7. The van der Waals surface area contributed by atoms with Crippen LogP contribution in [0.4, 0.5) is 11.4 Å². The molecule has 3 aromatic carbocycles. The molecular formula is C38H39N4O7+. The lowest BCUT2D eigenvalue weighted by molar-refractivity contribution is -0.492. The minimum absolute atomic E-state index is 0.0621. The molecule has 0 fully saturated rings. The summed E-state index contributed by atoms with van der Waals surface area (Å²) in [7, 11) is 5.55. The van der Waals surface area contributed by atoms with Crippen LogP contribution in [0.25, 0.3) is 21.9 Å². The number of nitrogens with one attached hydrogen (secondary N) is 2. The van der Waals surface area contributed by atoms with E-state index in [9.17, 15) is 29.1 Å². The Morgan fingerprint density at radius 3 is 2.08 bits per heavy atom. The van der Waals surface area contributed by atoms with Crippen LogP contribution in [-0.2, 0) is 19.1 Å². The average Bonchev–Trinajstić information content (AvgIpc) is 3.05. The molecule has 0 aromatic heterocycles. The van der Waals surface area contributed by atoms with E-state index >= 15 is 0 Å². The van der Waals surface area contributed by atoms with E-state index in [0.29, 0.717) is 34.0 Å². The SMILES string of the molecule is CCOC(=O)c1ccc2c(c1)C(=C1C(=O)C(c3c(NC(C)=O)cc(N(C)C)c4ccc(C(C)=O)cc34)=C1O)C(NC(C)=O)=CC2=[N+](C)CC. The second-order valence-electron chi connectivity index (χ2n) is 12.1. The summed E-state index contributed by atoms with van der Waals surface area (Å²) < 4.78 is 7.21. The lowest BCUT2D eigenvalue weighted by Gasteiger charge is -2.31. The number of rotatable bonds is 8. The number of Topliss-reactive ketones (excluding diaryl/α,β-unsaturated/α-hetero) is 2. The van der Waals surface area contributed by atoms with E-state index in [-0.39, 0.29) is 57.4 Å². The summed E-state index contributed by atoms with van der Waals surface area (Å²) in [4.78, 5) is 66.7. The average molecular weight is 664 g/mol. The highest BCUT2D eigenvalue weighted by Crippen LogP contribution is 2.49. The first kappa shape index (κ1) is 34.5. The summed E-state index contributed by atoms with van der Waals surface area (Å²) >= 11 is 0. The van der Waals surface area contributed by atoms with E-state index in [4.69, 9.17) is 4.74 Å². The fraction of sp³-hybridized carbons (Fsp3) is 0.263. The van der Waals surface area contributed by atoms with Crippen LogP contribution in [0.5, 0.6) is 0 Å². The smallest absolute Gasteiger partial charge is 0.338 e. The van der Waals surface area contributed by atoms with Crippen LogP contribution < -0.4 is 15.5 Å². The van der Waals surface area contributed by atoms with Gasteiger partial charge >= 0.3 is 5.97 Å². The molecule has 3 N–H and O–H groups in total. The number of ketones is 2. The van der Waals surface area contributed by atoms with Gasteiger partial charge in [0.05, 0.1) is 40.3 Å². The molecule has 11 nitrogen and oxygen atoms in total. The molecule has 2 aliphatic rings. The Morgan fingerprint density at radius 2 is 1.51 bits per heavy atom. The van der Waals surface area contributed by atoms with Crippen LogP contribution in [0, 0.1) is 0 Å². The number of benzene rings is 3. The van der Waals surface area contributed by atoms with Crippen LogP contribution in [0.2, 0.25) is 0 Å². The Bertz CT molecular complexity index is 2130. The Morgan fingerprint density at radius 1 is 0.837 bits per heavy atom. The number of fused-ring (bicyclic) bond motifs is 2. The Balaban J connectivity index is 1.90. The Labute approximate surface area is 284 Å². The van der Waals surface area contributed by atoms with Gasteiger partial charge in [0.1, 0.15) is 19.4 Å². The van der Waals surface area contributed by atoms with Gasteiger partial charge in [-0.1, -0.05) is 12.1 Å². The van der Waals surface area contributed by atoms with Crippen LogP contribution in [0.1, 0.15) is 72.0 Å². The van der Waals surface area contributed by atoms with Crippen LogP contribution >= 0.6 is 0 Å². The maximum atomic E-state index is 14.5. The Hall–Kier alpha value is -5.84. The zero-order valence-electron chi connectivity index (χ0n) is 28.8. The molecule has 2 aliphatic carbocycles. The molecule has 0 heterocycles. The first-order chi connectivity index (χ1) is 23.2. The van der Waals surface area contributed by atoms with Gasteiger partial charge < -0.3 is 25.4 Å². The third-order valence-electron chi connectivity index (χ3n) is 8.56. The molecule has 2 amide bonds. The molecule has 0 saturated heterocycles. The molecular weight excluding hydrogens is 624 g/mol. The normalized spacial score (nSPS) is 16.4. The van der Waals surface area contributed by atoms with Crippen molar-refractivity contribution in [3.8, 4) is 0 Å². The number of carbonyl (C=O) groups excluding carboxylic acids is 5. The van der Waals surface area contributed by atoms with Crippen molar-refractivity contribution < 1.29 is 38.4 Å². The molecule has 0 unspecified atom stereocenters. The molecule has 3 aromatic rings. The number of carbonyl (C=O) groups is 5. The number of aliphatic hydroxyl groups excluding tert-OH is 1. The van der Waals surface area contributed by atoms with Crippen LogP contribution in [0.15, 0.2) is 65.6 Å². The molecule has 0 aliphatic heterocycles. The lowest BCUT2D eigenvalue weighted by atomic mass is 9.74. The predicted octanol–water partition coefficient (Wildman–Crippen LogP) is 5.03. The lowest BCUT2D eigenvalue weighted by Crippen LogP contribution is -2.32. The number of esters is 1. The standard InChI is InChI=1S/C38H38N4O7/c1-9-42(8)31-18-29(40-21(5)45)33(27-16-23(12-14-25(27)31)38(48)49-10-2)35-36(46)34(37(35)47)32-26-15-22(19(3)43)11-13-24(26)30(41(6)7)17-28(32)39-20(4)44/h11-18H,9-10H2,1-8H3,(H2,39,40,43,44,45,46,47,48)/p+1. The van der Waals surface area contributed by atoms with Gasteiger partial charge in [0.15, 0.2) is 5.78 Å². The second kappa shape index (κ2) is 13.3. The first-order valence-electron chi connectivity index (χ1n) is 15.9. The zero-order chi connectivity index (χ0) is 35.9. The molecule has 0 bridgehead atoms. The van der Waals surface area contributed by atoms with E-state index in [1.54, 1.807) is 55.5 Å². The fourth-order valence-corrected chi connectivity index (χ4v) is 6.21. The zero-order valence-corrected chi connectivity index (χ0v) is 28.8. The monoisotopic (exact) mass is 663 g/mol. The third kappa shape index (κ3) is 6.15. The highest BCUT2D eigenvalue weighted by atomic mass is 16.5. The number of allylic oxidation sites excluding steroid dienone is 4. The van der Waals surface area contributed by atoms with Crippen molar-refractivity contribution in [2.24, 2.45) is 0 Å². The summed E-state index contributed by atoms with van der Waals surface area (Å²) in [5.74, 6) is -2.49. The maximum Gasteiger partial charge on any atom is 0.338 e. The van der Waals surface area contributed by atoms with Crippen LogP contribution in [0.3, 0.4) is 0 Å². The van der Waals surface area contributed by atoms with Crippen molar-refractivity contribution in [2.75, 3.05) is 44.5 Å². The third-order valence-corrected chi connectivity index (χ3v) is 8.56. The number of anilines is 2. The van der Waals surface area contributed by atoms with Crippen LogP contribution in [-0.4, -0.2) is 79.0 Å². The van der Waals surface area contributed by atoms with E-state index < -0.39 is 23.6 Å². The highest BCUT2D eigenvalue weighted by Gasteiger charge is 2.43. The van der Waals surface area contributed by atoms with Crippen molar-refractivity contribution >= 4 is 68.4 Å². The number of ether oxygens (including phenoxy) is 1. The summed E-state index contributed by atoms with van der Waals surface area (Å²) in [6, 6.07) is 11.8. The molecule has 0 saturated carbocycles. The van der Waals surface area contributed by atoms with Crippen molar-refractivity contribution in [3.05, 3.63) is 93.4 Å². The van der Waals surface area contributed by atoms with E-state index in [0.717, 1.165) is 11.4 Å². The molecule has 0 atom stereocenters. The van der Waals surface area contributed by atoms with Crippen molar-refractivity contribution in [1.82, 2.24) is 5.32 Å². The van der Waals surface area contributed by atoms with Gasteiger partial charge in [0.2, 0.25) is 23.3 Å². The number of aliphatic hydroxyl groups is 1. The fourth-order valence-electron chi connectivity index (χ4n) is 6.21. The second-order valence-corrected chi connectivity index (χ2v) is 12.1. The van der Waals surface area contributed by atoms with Crippen molar-refractivity contribution in [1.29, 1.82) is 0 Å². The number of nitrogens with zero attached hydrogens (tertiary/aromatic N) is 2. The maximum absolute atomic E-state index is 14.5. The van der Waals surface area contributed by atoms with E-state index in [2.05, 4.69) is 10.6 Å². The Kier molecular flexibility index (Phi) is 9.39. The molecule has 252 valence electrons. The van der Waals surface area contributed by atoms with Crippen molar-refractivity contribution in [2.45, 2.75) is 34.6 Å². The highest BCUT2D eigenvalue weighted by molar-refractivity contribution is 6.44. The van der Waals surface area contributed by atoms with Gasteiger partial charge in [-0.2, -0.15) is 0 Å². The summed E-state index contributed by atoms with van der Waals surface area (Å²) in [6.45, 7) is 8.54. The van der Waals surface area contributed by atoms with Gasteiger partial charge in [-0.25, -0.2) is 9.37 Å². The largest absolute Gasteiger partial charge is 0.506 e. The molecule has 49 heavy (non-hydrogen) atoms. The number of hydrogen-bond acceptors (Lipinski definition) is 8. The van der Waals surface area contributed by atoms with Crippen molar-refractivity contribution in [3.63, 3.8) is 0 Å². The topological polar surface area (TPSA) is 145 Å². The first-order valence-corrected chi connectivity index (χ1v) is 15.9.